The molecule has 4 fully saturated rings. The van der Waals surface area contributed by atoms with Crippen LogP contribution in [0, 0.1) is 23.2 Å². The first-order chi connectivity index (χ1) is 31.1. The molecule has 2 bridgehead atoms. The summed E-state index contributed by atoms with van der Waals surface area (Å²) in [4.78, 5) is 72.6. The van der Waals surface area contributed by atoms with Crippen LogP contribution in [0.4, 0.5) is 18.4 Å². The summed E-state index contributed by atoms with van der Waals surface area (Å²) in [6.07, 6.45) is 5.73. The van der Waals surface area contributed by atoms with E-state index in [1.807, 2.05) is 62.9 Å². The van der Waals surface area contributed by atoms with Crippen molar-refractivity contribution in [1.29, 1.82) is 0 Å². The first kappa shape index (κ1) is 43.3. The Balaban J connectivity index is 0.896. The SMILES string of the molecule is COC(=O)N[C@H](C(=O)N1CC2(CC2)C[C@H]1c1ncc(-c2ccc3c(c2)C(F)(F)c2cc(-c4ccc5nc([C@@H]6[C@H]7CC[C@H](C7)N6C(=O)[C@@H](NC(=O)OI)C(C)C)[nH]c5c4)ccc2-3)[nH]1)C(C)C. The molecule has 2 aromatic heterocycles. The molecule has 0 radical (unpaired) electrons. The number of fused-ring (bicyclic) bond motifs is 6. The second-order valence-corrected chi connectivity index (χ2v) is 19.8. The minimum atomic E-state index is -3.29. The lowest BCUT2D eigenvalue weighted by Crippen LogP contribution is -2.53. The molecule has 14 nitrogen and oxygen atoms in total. The van der Waals surface area contributed by atoms with E-state index >= 15 is 8.78 Å². The van der Waals surface area contributed by atoms with Gasteiger partial charge < -0.3 is 38.2 Å². The van der Waals surface area contributed by atoms with E-state index in [1.165, 1.54) is 36.2 Å². The zero-order valence-corrected chi connectivity index (χ0v) is 38.9. The second kappa shape index (κ2) is 16.1. The number of nitrogens with one attached hydrogen (secondary N) is 4. The van der Waals surface area contributed by atoms with Crippen molar-refractivity contribution in [3.8, 4) is 33.5 Å². The van der Waals surface area contributed by atoms with E-state index in [0.717, 1.165) is 49.6 Å². The third-order valence-corrected chi connectivity index (χ3v) is 15.0. The summed E-state index contributed by atoms with van der Waals surface area (Å²) in [6, 6.07) is 13.8. The van der Waals surface area contributed by atoms with Crippen LogP contribution in [0.15, 0.2) is 60.8 Å². The van der Waals surface area contributed by atoms with Gasteiger partial charge in [-0.3, -0.25) is 9.59 Å². The van der Waals surface area contributed by atoms with E-state index in [4.69, 9.17) is 17.8 Å². The highest BCUT2D eigenvalue weighted by Crippen LogP contribution is 2.59. The summed E-state index contributed by atoms with van der Waals surface area (Å²) in [7, 11) is 1.27. The quantitative estimate of drug-likeness (QED) is 0.100. The monoisotopic (exact) mass is 1000 g/mol. The number of rotatable bonds is 10. The summed E-state index contributed by atoms with van der Waals surface area (Å²) in [5, 5.41) is 5.43. The molecule has 4 N–H and O–H groups in total. The van der Waals surface area contributed by atoms with E-state index in [9.17, 15) is 19.2 Å². The Morgan fingerprint density at radius 2 is 1.48 bits per heavy atom. The van der Waals surface area contributed by atoms with Gasteiger partial charge in [-0.05, 0) is 108 Å². The first-order valence-electron chi connectivity index (χ1n) is 22.4. The topological polar surface area (TPSA) is 175 Å². The minimum Gasteiger partial charge on any atom is -0.453 e. The summed E-state index contributed by atoms with van der Waals surface area (Å²) in [5.41, 5.74) is 4.67. The average Bonchev–Trinajstić information content (AvgIpc) is 3.95. The fourth-order valence-electron chi connectivity index (χ4n) is 11.0. The predicted molar refractivity (Wildman–Crippen MR) is 245 cm³/mol. The molecule has 340 valence electrons. The van der Waals surface area contributed by atoms with Gasteiger partial charge in [-0.1, -0.05) is 58.0 Å². The Kier molecular flexibility index (Phi) is 10.7. The van der Waals surface area contributed by atoms with Crippen LogP contribution in [0.3, 0.4) is 0 Å². The number of alkyl halides is 2. The Labute approximate surface area is 388 Å². The number of carbonyl (C=O) groups excluding carboxylic acids is 4. The van der Waals surface area contributed by atoms with Crippen molar-refractivity contribution in [2.24, 2.45) is 23.2 Å². The fourth-order valence-corrected chi connectivity index (χ4v) is 11.1. The van der Waals surface area contributed by atoms with E-state index in [1.54, 1.807) is 29.3 Å². The number of alkyl carbamates (subject to hydrolysis) is 1. The number of hydrogen-bond acceptors (Lipinski definition) is 8. The Bertz CT molecular complexity index is 2750. The number of likely N-dealkylation sites (tertiary alicyclic amines) is 2. The molecule has 1 spiro atoms. The Morgan fingerprint density at radius 3 is 2.15 bits per heavy atom. The zero-order valence-electron chi connectivity index (χ0n) is 36.7. The highest BCUT2D eigenvalue weighted by Gasteiger charge is 2.56. The number of benzene rings is 3. The maximum absolute atomic E-state index is 16.7. The lowest BCUT2D eigenvalue weighted by Gasteiger charge is -2.37. The van der Waals surface area contributed by atoms with Crippen LogP contribution in [0.1, 0.15) is 101 Å². The van der Waals surface area contributed by atoms with Crippen molar-refractivity contribution < 1.29 is 35.8 Å². The number of nitrogens with zero attached hydrogens (tertiary/aromatic N) is 4. The zero-order chi connectivity index (χ0) is 45.7. The molecule has 17 heteroatoms. The fraction of sp³-hybridized carbons (Fsp3) is 0.458. The van der Waals surface area contributed by atoms with Crippen molar-refractivity contribution in [2.45, 2.75) is 102 Å². The number of H-pyrrole nitrogens is 2. The van der Waals surface area contributed by atoms with Gasteiger partial charge in [0.2, 0.25) is 11.8 Å². The van der Waals surface area contributed by atoms with Crippen molar-refractivity contribution >= 4 is 58.0 Å². The molecule has 6 atom stereocenters. The number of amides is 4. The van der Waals surface area contributed by atoms with Crippen LogP contribution < -0.4 is 10.6 Å². The smallest absolute Gasteiger partial charge is 0.417 e. The summed E-state index contributed by atoms with van der Waals surface area (Å²) in [5.74, 6) is -2.54. The third-order valence-electron chi connectivity index (χ3n) is 14.6. The van der Waals surface area contributed by atoms with Gasteiger partial charge in [-0.25, -0.2) is 19.6 Å². The standard InChI is InChI=1S/C48H51F2IN8O6/c1-23(2)38(56-45(62)64-5)43(60)58-22-47(14-15-47)20-37(58)41-52-21-36(55-41)27-8-12-31-30-11-7-25(17-32(30)48(49,50)33(31)18-27)26-9-13-34-35(19-26)54-42(53-34)40-28-6-10-29(16-28)59(40)44(61)39(24(3)4)57-46(63)65-51/h7-9,11-13,17-19,21,23-24,28-29,37-40H,6,10,14-16,20,22H2,1-5H3,(H,52,55)(H,53,54)(H,56,62)(H,57,63)/t28-,29+,37-,38-,39-,40-/m0/s1. The lowest BCUT2D eigenvalue weighted by atomic mass is 9.95. The van der Waals surface area contributed by atoms with Crippen LogP contribution in [0.25, 0.3) is 44.5 Å². The number of carbonyl (C=O) groups is 4. The molecule has 65 heavy (non-hydrogen) atoms. The molecule has 2 saturated carbocycles. The maximum atomic E-state index is 16.7. The predicted octanol–water partition coefficient (Wildman–Crippen LogP) is 9.33. The Hall–Kier alpha value is -5.59. The number of halogens is 3. The van der Waals surface area contributed by atoms with Crippen molar-refractivity contribution in [3.63, 3.8) is 0 Å². The summed E-state index contributed by atoms with van der Waals surface area (Å²) in [6.45, 7) is 8.08. The van der Waals surface area contributed by atoms with Gasteiger partial charge in [-0.15, -0.1) is 0 Å². The second-order valence-electron chi connectivity index (χ2n) is 19.3. The molecule has 5 aliphatic rings. The van der Waals surface area contributed by atoms with Crippen molar-refractivity contribution in [1.82, 2.24) is 40.4 Å². The van der Waals surface area contributed by atoms with Gasteiger partial charge >= 0.3 is 12.2 Å². The average molecular weight is 1000 g/mol. The highest BCUT2D eigenvalue weighted by molar-refractivity contribution is 14.1. The molecule has 2 saturated heterocycles. The largest absolute Gasteiger partial charge is 0.453 e. The lowest BCUT2D eigenvalue weighted by molar-refractivity contribution is -0.139. The molecule has 4 heterocycles. The van der Waals surface area contributed by atoms with Crippen molar-refractivity contribution in [2.75, 3.05) is 13.7 Å². The van der Waals surface area contributed by atoms with Crippen LogP contribution in [-0.4, -0.2) is 85.5 Å². The molecular formula is C48H51F2IN8O6. The van der Waals surface area contributed by atoms with Gasteiger partial charge in [0.15, 0.2) is 23.0 Å². The molecule has 3 aliphatic carbocycles. The minimum absolute atomic E-state index is 0.00999. The van der Waals surface area contributed by atoms with Crippen LogP contribution >= 0.6 is 23.0 Å². The van der Waals surface area contributed by atoms with Gasteiger partial charge in [0.25, 0.3) is 5.92 Å². The third kappa shape index (κ3) is 7.41. The maximum Gasteiger partial charge on any atom is 0.417 e. The van der Waals surface area contributed by atoms with E-state index in [2.05, 4.69) is 20.6 Å². The van der Waals surface area contributed by atoms with Crippen LogP contribution in [0.2, 0.25) is 0 Å². The van der Waals surface area contributed by atoms with Gasteiger partial charge in [0.1, 0.15) is 23.7 Å². The van der Waals surface area contributed by atoms with E-state index in [-0.39, 0.29) is 64.2 Å². The van der Waals surface area contributed by atoms with E-state index in [0.29, 0.717) is 51.7 Å². The Morgan fingerprint density at radius 1 is 0.831 bits per heavy atom. The summed E-state index contributed by atoms with van der Waals surface area (Å²) >= 11 is 1.51. The molecule has 3 aromatic carbocycles. The number of aromatic nitrogens is 4. The molecule has 4 amide bonds. The number of imidazole rings is 2. The number of ether oxygens (including phenoxy) is 1. The van der Waals surface area contributed by atoms with Crippen LogP contribution in [-0.2, 0) is 23.3 Å². The van der Waals surface area contributed by atoms with Gasteiger partial charge in [0, 0.05) is 29.3 Å². The molecule has 10 rings (SSSR count). The van der Waals surface area contributed by atoms with Crippen LogP contribution in [0.5, 0.6) is 0 Å². The van der Waals surface area contributed by atoms with Gasteiger partial charge in [-0.2, -0.15) is 8.78 Å². The van der Waals surface area contributed by atoms with Gasteiger partial charge in [0.05, 0.1) is 42.1 Å². The number of hydrogen-bond donors (Lipinski definition) is 4. The van der Waals surface area contributed by atoms with Crippen molar-refractivity contribution in [3.05, 3.63) is 83.6 Å². The molecular weight excluding hydrogens is 949 g/mol. The van der Waals surface area contributed by atoms with E-state index < -0.39 is 30.2 Å². The molecule has 2 aliphatic heterocycles. The number of aromatic amines is 2. The molecule has 5 aromatic rings. The number of methoxy groups -OCH3 is 1. The summed E-state index contributed by atoms with van der Waals surface area (Å²) < 4.78 is 42.9. The number of piperidine rings is 1. The molecule has 0 unspecified atom stereocenters. The highest BCUT2D eigenvalue weighted by atomic mass is 127. The first-order valence-corrected chi connectivity index (χ1v) is 23.3. The normalized spacial score (nSPS) is 22.9.